The summed E-state index contributed by atoms with van der Waals surface area (Å²) in [4.78, 5) is 13.0. The van der Waals surface area contributed by atoms with Gasteiger partial charge < -0.3 is 15.4 Å². The molecule has 6 nitrogen and oxygen atoms in total. The van der Waals surface area contributed by atoms with Crippen molar-refractivity contribution in [3.63, 3.8) is 0 Å². The van der Waals surface area contributed by atoms with Crippen LogP contribution in [0.1, 0.15) is 20.8 Å². The molecule has 1 saturated heterocycles. The normalized spacial score (nSPS) is 19.5. The summed E-state index contributed by atoms with van der Waals surface area (Å²) in [6.45, 7) is 9.69. The number of aromatic nitrogens is 2. The van der Waals surface area contributed by atoms with E-state index in [1.54, 1.807) is 0 Å². The average molecular weight is 265 g/mol. The lowest BCUT2D eigenvalue weighted by molar-refractivity contribution is 0.138. The van der Waals surface area contributed by atoms with Crippen molar-refractivity contribution in [2.45, 2.75) is 26.3 Å². The van der Waals surface area contributed by atoms with Crippen molar-refractivity contribution < 1.29 is 4.74 Å². The van der Waals surface area contributed by atoms with Gasteiger partial charge in [0.25, 0.3) is 0 Å². The van der Waals surface area contributed by atoms with Gasteiger partial charge in [-0.2, -0.15) is 4.98 Å². The van der Waals surface area contributed by atoms with Crippen LogP contribution in [-0.4, -0.2) is 53.7 Å². The van der Waals surface area contributed by atoms with E-state index in [1.165, 1.54) is 6.33 Å². The van der Waals surface area contributed by atoms with Crippen LogP contribution >= 0.6 is 0 Å². The number of nitrogens with two attached hydrogens (primary N) is 1. The largest absolute Gasteiger partial charge is 0.476 e. The van der Waals surface area contributed by atoms with Crippen LogP contribution in [0.4, 0.5) is 11.5 Å². The number of hydrogen-bond acceptors (Lipinski definition) is 6. The second-order valence-electron chi connectivity index (χ2n) is 5.50. The summed E-state index contributed by atoms with van der Waals surface area (Å²) in [5, 5.41) is 0. The first-order valence-corrected chi connectivity index (χ1v) is 6.65. The van der Waals surface area contributed by atoms with Crippen molar-refractivity contribution in [2.75, 3.05) is 43.9 Å². The third-order valence-corrected chi connectivity index (χ3v) is 3.72. The van der Waals surface area contributed by atoms with Crippen LogP contribution in [0, 0.1) is 0 Å². The first-order valence-electron chi connectivity index (χ1n) is 6.65. The van der Waals surface area contributed by atoms with Crippen LogP contribution < -0.4 is 15.4 Å². The molecular weight excluding hydrogens is 242 g/mol. The average Bonchev–Trinajstić information content (AvgIpc) is 2.36. The summed E-state index contributed by atoms with van der Waals surface area (Å²) in [6, 6.07) is 0. The van der Waals surface area contributed by atoms with Gasteiger partial charge in [-0.15, -0.1) is 0 Å². The van der Waals surface area contributed by atoms with Gasteiger partial charge in [0.15, 0.2) is 5.82 Å². The number of ether oxygens (including phenoxy) is 1. The maximum Gasteiger partial charge on any atom is 0.242 e. The molecule has 1 fully saturated rings. The minimum Gasteiger partial charge on any atom is -0.476 e. The highest BCUT2D eigenvalue weighted by molar-refractivity contribution is 5.68. The fraction of sp³-hybridized carbons (Fsp3) is 0.692. The van der Waals surface area contributed by atoms with Gasteiger partial charge in [-0.25, -0.2) is 4.98 Å². The van der Waals surface area contributed by atoms with Crippen LogP contribution in [0.25, 0.3) is 0 Å². The van der Waals surface area contributed by atoms with Gasteiger partial charge in [-0.05, 0) is 27.8 Å². The molecule has 2 rings (SSSR count). The second kappa shape index (κ2) is 5.21. The minimum absolute atomic E-state index is 0.0986. The van der Waals surface area contributed by atoms with Crippen molar-refractivity contribution in [2.24, 2.45) is 0 Å². The van der Waals surface area contributed by atoms with Gasteiger partial charge in [0, 0.05) is 25.2 Å². The van der Waals surface area contributed by atoms with E-state index in [4.69, 9.17) is 10.5 Å². The fourth-order valence-electron chi connectivity index (χ4n) is 2.30. The van der Waals surface area contributed by atoms with Gasteiger partial charge in [-0.3, -0.25) is 4.90 Å². The molecule has 0 saturated carbocycles. The zero-order valence-electron chi connectivity index (χ0n) is 12.2. The van der Waals surface area contributed by atoms with Crippen molar-refractivity contribution in [3.8, 4) is 5.88 Å². The minimum atomic E-state index is 0.0986. The molecule has 0 radical (unpaired) electrons. The molecule has 0 atom stereocenters. The smallest absolute Gasteiger partial charge is 0.242 e. The molecule has 0 bridgehead atoms. The van der Waals surface area contributed by atoms with E-state index in [-0.39, 0.29) is 5.54 Å². The topological polar surface area (TPSA) is 67.5 Å². The Morgan fingerprint density at radius 1 is 1.37 bits per heavy atom. The van der Waals surface area contributed by atoms with Crippen LogP contribution in [0.5, 0.6) is 5.88 Å². The number of rotatable bonds is 3. The van der Waals surface area contributed by atoms with Gasteiger partial charge in [-0.1, -0.05) is 0 Å². The highest BCUT2D eigenvalue weighted by Gasteiger charge is 2.32. The molecule has 0 aromatic carbocycles. The standard InChI is InChI=1S/C13H23N5O/c1-5-19-12-10(14)11(15-9-16-12)18-7-6-17(4)13(2,3)8-18/h9H,5-8,14H2,1-4H3. The first kappa shape index (κ1) is 13.9. The lowest BCUT2D eigenvalue weighted by Gasteiger charge is -2.45. The first-order chi connectivity index (χ1) is 8.95. The summed E-state index contributed by atoms with van der Waals surface area (Å²) in [5.41, 5.74) is 6.75. The molecule has 1 aliphatic heterocycles. The van der Waals surface area contributed by atoms with Crippen molar-refractivity contribution >= 4 is 11.5 Å². The molecule has 0 aliphatic carbocycles. The number of hydrogen-bond donors (Lipinski definition) is 1. The molecule has 1 aromatic rings. The molecule has 1 aliphatic rings. The molecular formula is C13H23N5O. The molecule has 2 N–H and O–H groups in total. The third-order valence-electron chi connectivity index (χ3n) is 3.72. The van der Waals surface area contributed by atoms with Crippen molar-refractivity contribution in [3.05, 3.63) is 6.33 Å². The Morgan fingerprint density at radius 2 is 2.11 bits per heavy atom. The molecule has 106 valence electrons. The highest BCUT2D eigenvalue weighted by Crippen LogP contribution is 2.31. The van der Waals surface area contributed by atoms with E-state index in [2.05, 4.69) is 40.7 Å². The van der Waals surface area contributed by atoms with E-state index in [9.17, 15) is 0 Å². The molecule has 0 spiro atoms. The maximum absolute atomic E-state index is 6.12. The summed E-state index contributed by atoms with van der Waals surface area (Å²) in [5.74, 6) is 1.25. The third kappa shape index (κ3) is 2.73. The summed E-state index contributed by atoms with van der Waals surface area (Å²) in [7, 11) is 2.15. The molecule has 19 heavy (non-hydrogen) atoms. The van der Waals surface area contributed by atoms with Gasteiger partial charge >= 0.3 is 0 Å². The maximum atomic E-state index is 6.12. The van der Waals surface area contributed by atoms with E-state index < -0.39 is 0 Å². The Balaban J connectivity index is 2.25. The Morgan fingerprint density at radius 3 is 2.74 bits per heavy atom. The molecule has 1 aromatic heterocycles. The zero-order valence-corrected chi connectivity index (χ0v) is 12.2. The lowest BCUT2D eigenvalue weighted by Crippen LogP contribution is -2.58. The highest BCUT2D eigenvalue weighted by atomic mass is 16.5. The number of nitrogens with zero attached hydrogens (tertiary/aromatic N) is 4. The van der Waals surface area contributed by atoms with E-state index in [0.29, 0.717) is 18.2 Å². The number of piperazine rings is 1. The van der Waals surface area contributed by atoms with E-state index in [1.807, 2.05) is 6.92 Å². The molecule has 2 heterocycles. The number of anilines is 2. The van der Waals surface area contributed by atoms with Crippen LogP contribution in [0.2, 0.25) is 0 Å². The second-order valence-corrected chi connectivity index (χ2v) is 5.50. The van der Waals surface area contributed by atoms with Gasteiger partial charge in [0.1, 0.15) is 12.0 Å². The van der Waals surface area contributed by atoms with Crippen LogP contribution in [0.3, 0.4) is 0 Å². The fourth-order valence-corrected chi connectivity index (χ4v) is 2.30. The lowest BCUT2D eigenvalue weighted by atomic mass is 10.00. The van der Waals surface area contributed by atoms with E-state index >= 15 is 0 Å². The number of nitrogen functional groups attached to an aromatic ring is 1. The van der Waals surface area contributed by atoms with Gasteiger partial charge in [0.2, 0.25) is 5.88 Å². The Hall–Kier alpha value is -1.56. The monoisotopic (exact) mass is 265 g/mol. The molecule has 6 heteroatoms. The Kier molecular flexibility index (Phi) is 3.80. The Bertz CT molecular complexity index is 449. The SMILES string of the molecule is CCOc1ncnc(N2CCN(C)C(C)(C)C2)c1N. The zero-order chi connectivity index (χ0) is 14.0. The Labute approximate surface area is 114 Å². The molecule has 0 amide bonds. The summed E-state index contributed by atoms with van der Waals surface area (Å²) < 4.78 is 5.43. The van der Waals surface area contributed by atoms with Crippen LogP contribution in [-0.2, 0) is 0 Å². The predicted molar refractivity (Wildman–Crippen MR) is 76.5 cm³/mol. The van der Waals surface area contributed by atoms with Crippen molar-refractivity contribution in [1.29, 1.82) is 0 Å². The number of likely N-dealkylation sites (N-methyl/N-ethyl adjacent to an activating group) is 1. The van der Waals surface area contributed by atoms with Crippen molar-refractivity contribution in [1.82, 2.24) is 14.9 Å². The van der Waals surface area contributed by atoms with Crippen LogP contribution in [0.15, 0.2) is 6.33 Å². The summed E-state index contributed by atoms with van der Waals surface area (Å²) >= 11 is 0. The summed E-state index contributed by atoms with van der Waals surface area (Å²) in [6.07, 6.45) is 1.52. The quantitative estimate of drug-likeness (QED) is 0.879. The molecule has 0 unspecified atom stereocenters. The predicted octanol–water partition coefficient (Wildman–Crippen LogP) is 0.988. The van der Waals surface area contributed by atoms with E-state index in [0.717, 1.165) is 25.5 Å². The van der Waals surface area contributed by atoms with Gasteiger partial charge in [0.05, 0.1) is 6.61 Å².